The number of nitrogens with zero attached hydrogens (tertiary/aromatic N) is 3. The highest BCUT2D eigenvalue weighted by molar-refractivity contribution is 7.16. The molecule has 4 rings (SSSR count). The number of carbonyl (C=O) groups is 2. The minimum absolute atomic E-state index is 0.191. The third-order valence-corrected chi connectivity index (χ3v) is 6.58. The minimum Gasteiger partial charge on any atom is -0.465 e. The first-order valence-corrected chi connectivity index (χ1v) is 12.4. The van der Waals surface area contributed by atoms with Gasteiger partial charge in [0.15, 0.2) is 11.7 Å². The number of fused-ring (bicyclic) bond motifs is 1. The van der Waals surface area contributed by atoms with E-state index in [2.05, 4.69) is 41.4 Å². The third-order valence-electron chi connectivity index (χ3n) is 5.63. The topological polar surface area (TPSA) is 90.6 Å². The third kappa shape index (κ3) is 4.65. The Kier molecular flexibility index (Phi) is 7.08. The van der Waals surface area contributed by atoms with Gasteiger partial charge in [-0.3, -0.25) is 9.59 Å². The molecule has 1 aliphatic heterocycles. The van der Waals surface area contributed by atoms with E-state index in [9.17, 15) is 9.59 Å². The van der Waals surface area contributed by atoms with Crippen molar-refractivity contribution in [1.82, 2.24) is 14.9 Å². The first-order valence-electron chi connectivity index (χ1n) is 10.7. The number of aromatic amines is 1. The van der Waals surface area contributed by atoms with E-state index in [4.69, 9.17) is 4.74 Å². The Hall–Kier alpha value is -2.48. The molecule has 0 bridgehead atoms. The van der Waals surface area contributed by atoms with Gasteiger partial charge in [-0.15, -0.1) is 20.6 Å². The van der Waals surface area contributed by atoms with Crippen LogP contribution in [0, 0.1) is 0 Å². The molecule has 1 aromatic carbocycles. The maximum atomic E-state index is 13.4. The molecular formula is C22H28N5O3PS. The Labute approximate surface area is 193 Å². The van der Waals surface area contributed by atoms with Crippen molar-refractivity contribution in [3.8, 4) is 0 Å². The number of hydrogen-bond donors (Lipinski definition) is 2. The molecule has 0 radical (unpaired) electrons. The Morgan fingerprint density at radius 3 is 2.78 bits per heavy atom. The number of aromatic nitrogens is 2. The van der Waals surface area contributed by atoms with Crippen LogP contribution in [0.15, 0.2) is 29.0 Å². The molecule has 32 heavy (non-hydrogen) atoms. The van der Waals surface area contributed by atoms with Crippen LogP contribution >= 0.6 is 20.6 Å². The van der Waals surface area contributed by atoms with Crippen LogP contribution in [0.4, 0.5) is 11.4 Å². The van der Waals surface area contributed by atoms with Crippen LogP contribution in [0.2, 0.25) is 0 Å². The largest absolute Gasteiger partial charge is 0.465 e. The van der Waals surface area contributed by atoms with Crippen molar-refractivity contribution in [2.75, 3.05) is 56.3 Å². The van der Waals surface area contributed by atoms with Crippen LogP contribution in [0.25, 0.3) is 11.0 Å². The smallest absolute Gasteiger partial charge is 0.324 e. The number of esters is 1. The number of Topliss-reactive ketones (excluding diaryl/α,β-unsaturated/α-hetero) is 1. The molecule has 0 amide bonds. The molecule has 3 aromatic rings. The summed E-state index contributed by atoms with van der Waals surface area (Å²) in [7, 11) is 4.69. The molecule has 1 fully saturated rings. The van der Waals surface area contributed by atoms with Crippen molar-refractivity contribution >= 4 is 54.7 Å². The first-order chi connectivity index (χ1) is 15.5. The molecule has 2 aromatic heterocycles. The van der Waals surface area contributed by atoms with E-state index in [1.54, 1.807) is 12.3 Å². The van der Waals surface area contributed by atoms with E-state index in [0.29, 0.717) is 28.9 Å². The Bertz CT molecular complexity index is 1110. The van der Waals surface area contributed by atoms with Crippen molar-refractivity contribution in [2.24, 2.45) is 0 Å². The van der Waals surface area contributed by atoms with Crippen molar-refractivity contribution < 1.29 is 14.3 Å². The predicted molar refractivity (Wildman–Crippen MR) is 132 cm³/mol. The average molecular weight is 474 g/mol. The second kappa shape index (κ2) is 9.98. The number of piperazine rings is 1. The van der Waals surface area contributed by atoms with Crippen molar-refractivity contribution in [2.45, 2.75) is 12.8 Å². The quantitative estimate of drug-likeness (QED) is 0.225. The number of rotatable bonds is 8. The molecule has 1 aliphatic rings. The zero-order valence-electron chi connectivity index (χ0n) is 18.3. The van der Waals surface area contributed by atoms with Gasteiger partial charge in [-0.25, -0.2) is 4.98 Å². The number of anilines is 2. The molecule has 2 atom stereocenters. The molecule has 0 spiro atoms. The number of ether oxygens (including phenoxy) is 1. The van der Waals surface area contributed by atoms with Gasteiger partial charge in [0.25, 0.3) is 0 Å². The van der Waals surface area contributed by atoms with Crippen LogP contribution < -0.4 is 10.2 Å². The lowest BCUT2D eigenvalue weighted by Crippen LogP contribution is -2.44. The van der Waals surface area contributed by atoms with Gasteiger partial charge < -0.3 is 24.8 Å². The predicted octanol–water partition coefficient (Wildman–Crippen LogP) is 3.15. The zero-order valence-corrected chi connectivity index (χ0v) is 20.2. The normalized spacial score (nSPS) is 15.7. The summed E-state index contributed by atoms with van der Waals surface area (Å²) in [4.78, 5) is 38.7. The second-order valence-corrected chi connectivity index (χ2v) is 8.89. The van der Waals surface area contributed by atoms with E-state index >= 15 is 0 Å². The van der Waals surface area contributed by atoms with Gasteiger partial charge in [0.1, 0.15) is 5.82 Å². The van der Waals surface area contributed by atoms with Gasteiger partial charge in [0.2, 0.25) is 0 Å². The summed E-state index contributed by atoms with van der Waals surface area (Å²) in [6, 6.07) is 6.01. The molecular weight excluding hydrogens is 445 g/mol. The number of likely N-dealkylation sites (N-methyl/N-ethyl adjacent to an activating group) is 1. The minimum atomic E-state index is -1.14. The summed E-state index contributed by atoms with van der Waals surface area (Å²) in [5, 5.41) is 6.77. The lowest BCUT2D eigenvalue weighted by Gasteiger charge is -2.34. The fourth-order valence-corrected chi connectivity index (χ4v) is 4.89. The van der Waals surface area contributed by atoms with Crippen molar-refractivity contribution in [3.05, 3.63) is 40.3 Å². The number of hydrogen-bond acceptors (Lipinski definition) is 8. The molecule has 10 heteroatoms. The van der Waals surface area contributed by atoms with Gasteiger partial charge in [0.05, 0.1) is 28.9 Å². The second-order valence-electron chi connectivity index (χ2n) is 7.74. The molecule has 0 aliphatic carbocycles. The first kappa shape index (κ1) is 22.7. The highest BCUT2D eigenvalue weighted by atomic mass is 32.1. The number of carbonyl (C=O) groups excluding carboxylic acids is 2. The van der Waals surface area contributed by atoms with Gasteiger partial charge in [-0.1, -0.05) is 0 Å². The molecule has 2 N–H and O–H groups in total. The van der Waals surface area contributed by atoms with Crippen LogP contribution in [0.1, 0.15) is 29.0 Å². The summed E-state index contributed by atoms with van der Waals surface area (Å²) in [6.45, 7) is 5.86. The maximum Gasteiger partial charge on any atom is 0.324 e. The highest BCUT2D eigenvalue weighted by Crippen LogP contribution is 2.30. The van der Waals surface area contributed by atoms with E-state index in [1.165, 1.54) is 11.3 Å². The Morgan fingerprint density at radius 1 is 1.28 bits per heavy atom. The molecule has 1 saturated heterocycles. The number of thiophene rings is 1. The van der Waals surface area contributed by atoms with Gasteiger partial charge >= 0.3 is 5.97 Å². The van der Waals surface area contributed by atoms with Crippen LogP contribution in [-0.4, -0.2) is 72.7 Å². The lowest BCUT2D eigenvalue weighted by atomic mass is 9.98. The number of benzene rings is 1. The van der Waals surface area contributed by atoms with E-state index in [0.717, 1.165) is 37.4 Å². The Morgan fingerprint density at radius 2 is 2.06 bits per heavy atom. The lowest BCUT2D eigenvalue weighted by molar-refractivity contribution is -0.143. The van der Waals surface area contributed by atoms with E-state index in [1.807, 2.05) is 23.6 Å². The van der Waals surface area contributed by atoms with Gasteiger partial charge in [0, 0.05) is 48.9 Å². The SMILES string of the molecule is CCOC(=O)C(C(=O)c1cscc1NCP)c1nc2ccc(N3CCN(C)CC3)cc2[nH]1. The summed E-state index contributed by atoms with van der Waals surface area (Å²) in [5.74, 6) is -1.76. The van der Waals surface area contributed by atoms with Crippen LogP contribution in [0.3, 0.4) is 0 Å². The molecule has 8 nitrogen and oxygen atoms in total. The van der Waals surface area contributed by atoms with Crippen molar-refractivity contribution in [1.29, 1.82) is 0 Å². The standard InChI is InChI=1S/C22H28N5O3PS/c1-3-30-22(29)19(20(28)15-11-32-12-18(15)23-13-31)21-24-16-5-4-14(10-17(16)25-21)27-8-6-26(2)7-9-27/h4-5,10-12,19,23H,3,6-9,13,31H2,1-2H3,(H,24,25). The molecule has 3 heterocycles. The van der Waals surface area contributed by atoms with E-state index < -0.39 is 11.9 Å². The molecule has 170 valence electrons. The fourth-order valence-electron chi connectivity index (χ4n) is 3.87. The fraction of sp³-hybridized carbons (Fsp3) is 0.409. The zero-order chi connectivity index (χ0) is 22.7. The van der Waals surface area contributed by atoms with Gasteiger partial charge in [-0.2, -0.15) is 0 Å². The van der Waals surface area contributed by atoms with Crippen LogP contribution in [-0.2, 0) is 9.53 Å². The van der Waals surface area contributed by atoms with E-state index in [-0.39, 0.29) is 12.4 Å². The number of imidazole rings is 1. The monoisotopic (exact) mass is 473 g/mol. The summed E-state index contributed by atoms with van der Waals surface area (Å²) >= 11 is 1.41. The average Bonchev–Trinajstić information content (AvgIpc) is 3.41. The summed E-state index contributed by atoms with van der Waals surface area (Å²) < 4.78 is 5.25. The van der Waals surface area contributed by atoms with Gasteiger partial charge in [-0.05, 0) is 32.2 Å². The molecule has 2 unspecified atom stereocenters. The number of nitrogens with one attached hydrogen (secondary N) is 2. The summed E-state index contributed by atoms with van der Waals surface area (Å²) in [6.07, 6.45) is 0.598. The number of ketones is 1. The van der Waals surface area contributed by atoms with Crippen molar-refractivity contribution in [3.63, 3.8) is 0 Å². The molecule has 0 saturated carbocycles. The highest BCUT2D eigenvalue weighted by Gasteiger charge is 2.35. The summed E-state index contributed by atoms with van der Waals surface area (Å²) in [5.41, 5.74) is 3.79. The van der Waals surface area contributed by atoms with Crippen LogP contribution in [0.5, 0.6) is 0 Å². The maximum absolute atomic E-state index is 13.4. The number of H-pyrrole nitrogens is 1. The Balaban J connectivity index is 1.67.